The zero-order valence-electron chi connectivity index (χ0n) is 13.4. The summed E-state index contributed by atoms with van der Waals surface area (Å²) >= 11 is 0. The summed E-state index contributed by atoms with van der Waals surface area (Å²) in [6.45, 7) is 2.69. The highest BCUT2D eigenvalue weighted by Gasteiger charge is 2.10. The van der Waals surface area contributed by atoms with E-state index in [1.807, 2.05) is 0 Å². The molecule has 0 spiro atoms. The molecule has 2 N–H and O–H groups in total. The van der Waals surface area contributed by atoms with E-state index in [1.54, 1.807) is 0 Å². The summed E-state index contributed by atoms with van der Waals surface area (Å²) in [6.07, 6.45) is 9.38. The molecule has 0 fully saturated rings. The minimum Gasteiger partial charge on any atom is -0.469 e. The normalized spacial score (nSPS) is 10.2. The van der Waals surface area contributed by atoms with Crippen LogP contribution in [0.4, 0.5) is 4.79 Å². The highest BCUT2D eigenvalue weighted by molar-refractivity contribution is 5.74. The Bertz CT molecular complexity index is 285. The van der Waals surface area contributed by atoms with Gasteiger partial charge in [-0.3, -0.25) is 10.0 Å². The molecule has 0 aliphatic carbocycles. The number of esters is 1. The van der Waals surface area contributed by atoms with Crippen molar-refractivity contribution in [1.82, 2.24) is 10.4 Å². The number of hydroxylamine groups is 2. The first-order valence-corrected chi connectivity index (χ1v) is 7.92. The number of nitrogens with zero attached hydrogens (tertiary/aromatic N) is 1. The van der Waals surface area contributed by atoms with Crippen LogP contribution >= 0.6 is 0 Å². The minimum atomic E-state index is -0.568. The van der Waals surface area contributed by atoms with Crippen molar-refractivity contribution in [2.24, 2.45) is 0 Å². The molecule has 0 aromatic rings. The molecule has 0 aromatic heterocycles. The van der Waals surface area contributed by atoms with Gasteiger partial charge in [-0.1, -0.05) is 51.9 Å². The van der Waals surface area contributed by atoms with Gasteiger partial charge in [0.15, 0.2) is 0 Å². The Kier molecular flexibility index (Phi) is 12.8. The molecular formula is C15H30N2O4. The molecule has 0 unspecified atom stereocenters. The van der Waals surface area contributed by atoms with Crippen molar-refractivity contribution in [2.75, 3.05) is 20.2 Å². The topological polar surface area (TPSA) is 78.9 Å². The van der Waals surface area contributed by atoms with Crippen LogP contribution in [0.25, 0.3) is 0 Å². The van der Waals surface area contributed by atoms with E-state index in [0.29, 0.717) is 11.6 Å². The number of hydrogen-bond acceptors (Lipinski definition) is 4. The van der Waals surface area contributed by atoms with Crippen LogP contribution in [-0.2, 0) is 9.53 Å². The quantitative estimate of drug-likeness (QED) is 0.251. The molecule has 6 heteroatoms. The number of unbranched alkanes of at least 4 members (excludes halogenated alkanes) is 7. The van der Waals surface area contributed by atoms with Crippen LogP contribution in [-0.4, -0.2) is 42.5 Å². The molecule has 0 rings (SSSR count). The van der Waals surface area contributed by atoms with E-state index in [0.717, 1.165) is 19.3 Å². The molecule has 0 radical (unpaired) electrons. The molecule has 2 amide bonds. The Morgan fingerprint density at radius 2 is 1.62 bits per heavy atom. The van der Waals surface area contributed by atoms with Gasteiger partial charge in [0.05, 0.1) is 20.1 Å². The van der Waals surface area contributed by atoms with E-state index in [-0.39, 0.29) is 18.9 Å². The molecule has 0 atom stereocenters. The van der Waals surface area contributed by atoms with Gasteiger partial charge in [-0.05, 0) is 6.42 Å². The van der Waals surface area contributed by atoms with Crippen molar-refractivity contribution < 1.29 is 19.5 Å². The first-order chi connectivity index (χ1) is 10.1. The molecular weight excluding hydrogens is 272 g/mol. The second-order valence-electron chi connectivity index (χ2n) is 5.16. The number of amides is 2. The van der Waals surface area contributed by atoms with E-state index < -0.39 is 6.03 Å². The maximum absolute atomic E-state index is 11.5. The summed E-state index contributed by atoms with van der Waals surface area (Å²) in [4.78, 5) is 22.3. The highest BCUT2D eigenvalue weighted by atomic mass is 16.5. The van der Waals surface area contributed by atoms with Crippen molar-refractivity contribution in [3.8, 4) is 0 Å². The van der Waals surface area contributed by atoms with Crippen LogP contribution in [0.2, 0.25) is 0 Å². The number of urea groups is 1. The third-order valence-electron chi connectivity index (χ3n) is 3.29. The van der Waals surface area contributed by atoms with Gasteiger partial charge in [-0.25, -0.2) is 9.86 Å². The highest BCUT2D eigenvalue weighted by Crippen LogP contribution is 2.08. The van der Waals surface area contributed by atoms with Crippen LogP contribution in [0.15, 0.2) is 0 Å². The van der Waals surface area contributed by atoms with Crippen LogP contribution in [0.3, 0.4) is 0 Å². The summed E-state index contributed by atoms with van der Waals surface area (Å²) in [6, 6.07) is -0.568. The molecule has 0 aromatic carbocycles. The first-order valence-electron chi connectivity index (χ1n) is 7.92. The van der Waals surface area contributed by atoms with E-state index in [9.17, 15) is 14.8 Å². The predicted molar refractivity (Wildman–Crippen MR) is 81.1 cm³/mol. The summed E-state index contributed by atoms with van der Waals surface area (Å²) in [5.74, 6) is -0.386. The van der Waals surface area contributed by atoms with E-state index in [1.165, 1.54) is 39.2 Å². The molecule has 124 valence electrons. The van der Waals surface area contributed by atoms with Crippen molar-refractivity contribution in [3.05, 3.63) is 0 Å². The van der Waals surface area contributed by atoms with Crippen molar-refractivity contribution >= 4 is 12.0 Å². The van der Waals surface area contributed by atoms with Gasteiger partial charge in [0.25, 0.3) is 0 Å². The Hall–Kier alpha value is -1.30. The van der Waals surface area contributed by atoms with Gasteiger partial charge in [0.1, 0.15) is 0 Å². The third-order valence-corrected chi connectivity index (χ3v) is 3.29. The number of nitrogens with one attached hydrogen (secondary N) is 1. The molecule has 0 saturated carbocycles. The first kappa shape index (κ1) is 19.7. The number of ether oxygens (including phenoxy) is 1. The Balaban J connectivity index is 3.45. The number of rotatable bonds is 12. The SMILES string of the molecule is CCCCCCCCCCN(O)C(=O)NCCC(=O)OC. The lowest BCUT2D eigenvalue weighted by molar-refractivity contribution is -0.140. The second kappa shape index (κ2) is 13.7. The van der Waals surface area contributed by atoms with Gasteiger partial charge in [-0.15, -0.1) is 0 Å². The van der Waals surface area contributed by atoms with Crippen LogP contribution in [0.5, 0.6) is 0 Å². The maximum atomic E-state index is 11.5. The van der Waals surface area contributed by atoms with Gasteiger partial charge < -0.3 is 10.1 Å². The van der Waals surface area contributed by atoms with Crippen molar-refractivity contribution in [2.45, 2.75) is 64.7 Å². The number of carbonyl (C=O) groups excluding carboxylic acids is 2. The van der Waals surface area contributed by atoms with Crippen molar-refractivity contribution in [1.29, 1.82) is 0 Å². The van der Waals surface area contributed by atoms with Gasteiger partial charge in [-0.2, -0.15) is 0 Å². The fourth-order valence-corrected chi connectivity index (χ4v) is 1.96. The summed E-state index contributed by atoms with van der Waals surface area (Å²) in [7, 11) is 1.30. The van der Waals surface area contributed by atoms with E-state index >= 15 is 0 Å². The Labute approximate surface area is 127 Å². The lowest BCUT2D eigenvalue weighted by atomic mass is 10.1. The standard InChI is InChI=1S/C15H30N2O4/c1-3-4-5-6-7-8-9-10-13-17(20)15(19)16-12-11-14(18)21-2/h20H,3-13H2,1-2H3,(H,16,19). The van der Waals surface area contributed by atoms with Crippen molar-refractivity contribution in [3.63, 3.8) is 0 Å². The minimum absolute atomic E-state index is 0.105. The largest absolute Gasteiger partial charge is 0.469 e. The summed E-state index contributed by atoms with van der Waals surface area (Å²) < 4.78 is 4.45. The molecule has 0 heterocycles. The Morgan fingerprint density at radius 3 is 2.19 bits per heavy atom. The van der Waals surface area contributed by atoms with E-state index in [2.05, 4.69) is 17.0 Å². The van der Waals surface area contributed by atoms with Gasteiger partial charge in [0.2, 0.25) is 0 Å². The fraction of sp³-hybridized carbons (Fsp3) is 0.867. The van der Waals surface area contributed by atoms with E-state index in [4.69, 9.17) is 0 Å². The lowest BCUT2D eigenvalue weighted by Crippen LogP contribution is -2.39. The molecule has 6 nitrogen and oxygen atoms in total. The van der Waals surface area contributed by atoms with Gasteiger partial charge in [0, 0.05) is 6.54 Å². The van der Waals surface area contributed by atoms with Crippen LogP contribution < -0.4 is 5.32 Å². The maximum Gasteiger partial charge on any atom is 0.341 e. The molecule has 0 bridgehead atoms. The molecule has 0 saturated heterocycles. The monoisotopic (exact) mass is 302 g/mol. The average molecular weight is 302 g/mol. The third kappa shape index (κ3) is 12.2. The number of hydrogen-bond donors (Lipinski definition) is 2. The Morgan fingerprint density at radius 1 is 1.05 bits per heavy atom. The smallest absolute Gasteiger partial charge is 0.341 e. The molecule has 21 heavy (non-hydrogen) atoms. The zero-order chi connectivity index (χ0) is 15.9. The molecule has 0 aliphatic rings. The lowest BCUT2D eigenvalue weighted by Gasteiger charge is -2.15. The summed E-state index contributed by atoms with van der Waals surface area (Å²) in [5, 5.41) is 12.7. The van der Waals surface area contributed by atoms with Crippen LogP contribution in [0, 0.1) is 0 Å². The number of carbonyl (C=O) groups is 2. The van der Waals surface area contributed by atoms with Crippen LogP contribution in [0.1, 0.15) is 64.7 Å². The van der Waals surface area contributed by atoms with Gasteiger partial charge >= 0.3 is 12.0 Å². The average Bonchev–Trinajstić information content (AvgIpc) is 2.49. The number of methoxy groups -OCH3 is 1. The fourth-order valence-electron chi connectivity index (χ4n) is 1.96. The predicted octanol–water partition coefficient (Wildman–Crippen LogP) is 3.09. The zero-order valence-corrected chi connectivity index (χ0v) is 13.4. The summed E-state index contributed by atoms with van der Waals surface area (Å²) in [5.41, 5.74) is 0. The molecule has 0 aliphatic heterocycles. The second-order valence-corrected chi connectivity index (χ2v) is 5.16.